The summed E-state index contributed by atoms with van der Waals surface area (Å²) in [5, 5.41) is 18.5. The first-order chi connectivity index (χ1) is 13.3. The number of nitriles is 1. The molecule has 0 aromatic carbocycles. The number of aliphatic hydroxyl groups excluding tert-OH is 1. The van der Waals surface area contributed by atoms with Gasteiger partial charge in [0.05, 0.1) is 16.7 Å². The van der Waals surface area contributed by atoms with Gasteiger partial charge in [-0.2, -0.15) is 18.4 Å². The van der Waals surface area contributed by atoms with Gasteiger partial charge in [0.25, 0.3) is 15.8 Å². The lowest BCUT2D eigenvalue weighted by Crippen LogP contribution is -2.36. The summed E-state index contributed by atoms with van der Waals surface area (Å²) < 4.78 is 95.7. The molecule has 1 heterocycles. The van der Waals surface area contributed by atoms with E-state index in [4.69, 9.17) is 10.00 Å². The highest BCUT2D eigenvalue weighted by Gasteiger charge is 2.50. The molecule has 0 spiro atoms. The zero-order valence-corrected chi connectivity index (χ0v) is 15.3. The van der Waals surface area contributed by atoms with Crippen molar-refractivity contribution in [3.05, 3.63) is 59.0 Å². The standard InChI is InChI=1S/C17H13F5N2O4S/c1-10-6-16(18,19)15(25)5-13(29(26,27)17(20,21)22)2-3-14(10)28-12-4-11(7-23)8-24-9-12/h2-4,8-9,15,25H,1,5-6H2/b13-2+,14-3?/t15-/m0/s1. The first kappa shape index (κ1) is 22.5. The minimum absolute atomic E-state index is 0.0495. The van der Waals surface area contributed by atoms with Gasteiger partial charge in [0.1, 0.15) is 23.7 Å². The molecular weight excluding hydrogens is 423 g/mol. The number of rotatable bonds is 3. The molecule has 1 N–H and O–H groups in total. The first-order valence-corrected chi connectivity index (χ1v) is 9.25. The summed E-state index contributed by atoms with van der Waals surface area (Å²) in [6, 6.07) is 2.94. The maximum atomic E-state index is 14.2. The molecule has 2 rings (SSSR count). The molecular formula is C17H13F5N2O4S. The van der Waals surface area contributed by atoms with Gasteiger partial charge in [-0.25, -0.2) is 17.2 Å². The fourth-order valence-electron chi connectivity index (χ4n) is 2.30. The van der Waals surface area contributed by atoms with E-state index in [2.05, 4.69) is 11.6 Å². The Balaban J connectivity index is 2.56. The van der Waals surface area contributed by atoms with Crippen LogP contribution in [0.1, 0.15) is 18.4 Å². The van der Waals surface area contributed by atoms with E-state index in [9.17, 15) is 35.5 Å². The van der Waals surface area contributed by atoms with Gasteiger partial charge in [-0.3, -0.25) is 4.98 Å². The molecule has 12 heteroatoms. The largest absolute Gasteiger partial charge is 0.501 e. The van der Waals surface area contributed by atoms with Crippen LogP contribution in [0.4, 0.5) is 22.0 Å². The van der Waals surface area contributed by atoms with E-state index < -0.39 is 56.5 Å². The van der Waals surface area contributed by atoms with Crippen LogP contribution in [0.5, 0.6) is 5.75 Å². The second kappa shape index (κ2) is 7.92. The zero-order chi connectivity index (χ0) is 22.0. The average molecular weight is 436 g/mol. The molecule has 0 aliphatic heterocycles. The van der Waals surface area contributed by atoms with Crippen LogP contribution in [0.25, 0.3) is 0 Å². The molecule has 1 aliphatic rings. The van der Waals surface area contributed by atoms with Gasteiger partial charge in [0.2, 0.25) is 0 Å². The predicted octanol–water partition coefficient (Wildman–Crippen LogP) is 3.38. The van der Waals surface area contributed by atoms with Crippen LogP contribution in [-0.4, -0.2) is 36.0 Å². The van der Waals surface area contributed by atoms with Crippen molar-refractivity contribution in [2.75, 3.05) is 0 Å². The van der Waals surface area contributed by atoms with E-state index in [1.165, 1.54) is 12.3 Å². The normalized spacial score (nSPS) is 22.2. The number of hydrogen-bond acceptors (Lipinski definition) is 6. The zero-order valence-electron chi connectivity index (χ0n) is 14.4. The number of alkyl halides is 5. The van der Waals surface area contributed by atoms with Crippen LogP contribution in [0.3, 0.4) is 0 Å². The molecule has 0 amide bonds. The molecule has 1 atom stereocenters. The molecule has 156 valence electrons. The van der Waals surface area contributed by atoms with Gasteiger partial charge >= 0.3 is 5.51 Å². The molecule has 0 fully saturated rings. The summed E-state index contributed by atoms with van der Waals surface area (Å²) in [4.78, 5) is 2.22. The van der Waals surface area contributed by atoms with E-state index in [0.717, 1.165) is 12.3 Å². The van der Waals surface area contributed by atoms with Crippen molar-refractivity contribution in [2.45, 2.75) is 30.4 Å². The SMILES string of the molecule is C=C1CC(F)(F)[C@@H](O)C/C(S(=O)(=O)C(F)(F)F)=C\C=C1Oc1cncc(C#N)c1. The van der Waals surface area contributed by atoms with E-state index in [0.29, 0.717) is 6.08 Å². The second-order valence-electron chi connectivity index (χ2n) is 6.00. The number of pyridine rings is 1. The third kappa shape index (κ3) is 4.99. The Morgan fingerprint density at radius 3 is 2.55 bits per heavy atom. The number of nitrogens with zero attached hydrogens (tertiary/aromatic N) is 2. The molecule has 1 aromatic heterocycles. The van der Waals surface area contributed by atoms with Crippen molar-refractivity contribution in [2.24, 2.45) is 0 Å². The van der Waals surface area contributed by atoms with E-state index in [1.54, 1.807) is 6.07 Å². The topological polar surface area (TPSA) is 100 Å². The number of allylic oxidation sites excluding steroid dienone is 3. The van der Waals surface area contributed by atoms with Crippen LogP contribution in [0, 0.1) is 11.3 Å². The highest BCUT2D eigenvalue weighted by Crippen LogP contribution is 2.38. The number of halogens is 5. The summed E-state index contributed by atoms with van der Waals surface area (Å²) in [6.45, 7) is 3.37. The molecule has 0 saturated carbocycles. The van der Waals surface area contributed by atoms with Crippen LogP contribution in [0.2, 0.25) is 0 Å². The summed E-state index contributed by atoms with van der Waals surface area (Å²) >= 11 is 0. The molecule has 1 aliphatic carbocycles. The average Bonchev–Trinajstić information content (AvgIpc) is 2.65. The monoisotopic (exact) mass is 436 g/mol. The summed E-state index contributed by atoms with van der Waals surface area (Å²) in [5.41, 5.74) is -6.12. The quantitative estimate of drug-likeness (QED) is 0.730. The Kier molecular flexibility index (Phi) is 6.15. The van der Waals surface area contributed by atoms with Gasteiger partial charge in [-0.1, -0.05) is 6.58 Å². The van der Waals surface area contributed by atoms with Crippen LogP contribution < -0.4 is 4.74 Å². The van der Waals surface area contributed by atoms with Crippen molar-refractivity contribution in [3.8, 4) is 11.8 Å². The Hall–Kier alpha value is -2.78. The number of aromatic nitrogens is 1. The van der Waals surface area contributed by atoms with Gasteiger partial charge in [-0.15, -0.1) is 0 Å². The molecule has 0 unspecified atom stereocenters. The van der Waals surface area contributed by atoms with E-state index in [-0.39, 0.29) is 11.3 Å². The number of aliphatic hydroxyl groups is 1. The number of sulfone groups is 1. The van der Waals surface area contributed by atoms with Gasteiger partial charge in [0.15, 0.2) is 0 Å². The number of hydrogen-bond donors (Lipinski definition) is 1. The Bertz CT molecular complexity index is 1020. The van der Waals surface area contributed by atoms with Crippen LogP contribution in [-0.2, 0) is 9.84 Å². The van der Waals surface area contributed by atoms with Gasteiger partial charge < -0.3 is 9.84 Å². The molecule has 0 bridgehead atoms. The second-order valence-corrected chi connectivity index (χ2v) is 7.99. The van der Waals surface area contributed by atoms with Crippen LogP contribution >= 0.6 is 0 Å². The van der Waals surface area contributed by atoms with E-state index in [1.807, 2.05) is 0 Å². The third-order valence-electron chi connectivity index (χ3n) is 3.82. The van der Waals surface area contributed by atoms with Gasteiger partial charge in [0, 0.05) is 25.1 Å². The smallest absolute Gasteiger partial charge is 0.455 e. The fourth-order valence-corrected chi connectivity index (χ4v) is 3.22. The number of ether oxygens (including phenoxy) is 1. The minimum atomic E-state index is -5.98. The maximum Gasteiger partial charge on any atom is 0.501 e. The van der Waals surface area contributed by atoms with Crippen molar-refractivity contribution >= 4 is 9.84 Å². The highest BCUT2D eigenvalue weighted by atomic mass is 32.2. The van der Waals surface area contributed by atoms with Crippen molar-refractivity contribution in [3.63, 3.8) is 0 Å². The summed E-state index contributed by atoms with van der Waals surface area (Å²) in [5.74, 6) is -4.59. The Morgan fingerprint density at radius 1 is 1.31 bits per heavy atom. The molecule has 1 aromatic rings. The fraction of sp³-hybridized carbons (Fsp3) is 0.294. The summed E-state index contributed by atoms with van der Waals surface area (Å²) in [7, 11) is -5.98. The highest BCUT2D eigenvalue weighted by molar-refractivity contribution is 7.96. The first-order valence-electron chi connectivity index (χ1n) is 7.77. The predicted molar refractivity (Wildman–Crippen MR) is 90.0 cm³/mol. The summed E-state index contributed by atoms with van der Waals surface area (Å²) in [6.07, 6.45) is -1.94. The molecule has 0 saturated heterocycles. The lowest BCUT2D eigenvalue weighted by Gasteiger charge is -2.24. The van der Waals surface area contributed by atoms with Crippen molar-refractivity contribution in [1.29, 1.82) is 5.26 Å². The minimum Gasteiger partial charge on any atom is -0.455 e. The van der Waals surface area contributed by atoms with Gasteiger partial charge in [-0.05, 0) is 17.7 Å². The third-order valence-corrected chi connectivity index (χ3v) is 5.42. The van der Waals surface area contributed by atoms with E-state index >= 15 is 0 Å². The maximum absolute atomic E-state index is 14.2. The lowest BCUT2D eigenvalue weighted by molar-refractivity contribution is -0.105. The Morgan fingerprint density at radius 2 is 1.97 bits per heavy atom. The Labute approximate surface area is 162 Å². The van der Waals surface area contributed by atoms with Crippen LogP contribution in [0.15, 0.2) is 53.4 Å². The molecule has 29 heavy (non-hydrogen) atoms. The van der Waals surface area contributed by atoms with Crippen molar-refractivity contribution < 1.29 is 40.2 Å². The lowest BCUT2D eigenvalue weighted by atomic mass is 10.0. The van der Waals surface area contributed by atoms with Crippen molar-refractivity contribution in [1.82, 2.24) is 4.98 Å². The molecule has 6 nitrogen and oxygen atoms in total. The molecule has 0 radical (unpaired) electrons.